The number of rotatable bonds is 8. The van der Waals surface area contributed by atoms with Gasteiger partial charge in [0.1, 0.15) is 18.2 Å². The number of amides is 1. The Kier molecular flexibility index (Phi) is 6.99. The smallest absolute Gasteiger partial charge is 0.253 e. The maximum absolute atomic E-state index is 12.8. The van der Waals surface area contributed by atoms with Gasteiger partial charge >= 0.3 is 0 Å². The first-order valence-corrected chi connectivity index (χ1v) is 11.5. The van der Waals surface area contributed by atoms with E-state index in [1.807, 2.05) is 43.3 Å². The molecule has 1 N–H and O–H groups in total. The zero-order valence-electron chi connectivity index (χ0n) is 19.1. The summed E-state index contributed by atoms with van der Waals surface area (Å²) in [5.41, 5.74) is 3.62. The molecule has 0 radical (unpaired) electrons. The Morgan fingerprint density at radius 1 is 1.00 bits per heavy atom. The Hall–Kier alpha value is -3.31. The van der Waals surface area contributed by atoms with Gasteiger partial charge in [-0.2, -0.15) is 0 Å². The number of ether oxygens (including phenoxy) is 1. The number of para-hydroxylation sites is 2. The lowest BCUT2D eigenvalue weighted by molar-refractivity contribution is 0.0937. The molecule has 0 saturated heterocycles. The van der Waals surface area contributed by atoms with Gasteiger partial charge in [-0.3, -0.25) is 4.79 Å². The number of imidazole rings is 1. The van der Waals surface area contributed by atoms with E-state index in [-0.39, 0.29) is 11.9 Å². The number of nitrogens with zero attached hydrogens (tertiary/aromatic N) is 2. The Morgan fingerprint density at radius 2 is 1.70 bits per heavy atom. The van der Waals surface area contributed by atoms with Crippen molar-refractivity contribution in [1.29, 1.82) is 0 Å². The zero-order chi connectivity index (χ0) is 23.4. The molecule has 4 rings (SSSR count). The monoisotopic (exact) mass is 461 g/mol. The van der Waals surface area contributed by atoms with E-state index in [0.29, 0.717) is 29.7 Å². The fourth-order valence-corrected chi connectivity index (χ4v) is 4.07. The van der Waals surface area contributed by atoms with Crippen LogP contribution in [0, 0.1) is 0 Å². The van der Waals surface area contributed by atoms with Gasteiger partial charge in [0.15, 0.2) is 0 Å². The molecule has 1 heterocycles. The van der Waals surface area contributed by atoms with Crippen molar-refractivity contribution in [1.82, 2.24) is 14.9 Å². The Balaban J connectivity index is 1.51. The lowest BCUT2D eigenvalue weighted by Gasteiger charge is -2.17. The molecule has 0 fully saturated rings. The van der Waals surface area contributed by atoms with Crippen LogP contribution < -0.4 is 10.1 Å². The number of benzene rings is 3. The number of fused-ring (bicyclic) bond motifs is 1. The highest BCUT2D eigenvalue weighted by Crippen LogP contribution is 2.23. The molecule has 1 aromatic heterocycles. The van der Waals surface area contributed by atoms with Crippen molar-refractivity contribution in [3.8, 4) is 5.75 Å². The molecular formula is C27H28ClN3O2. The fraction of sp³-hybridized carbons (Fsp3) is 0.259. The predicted octanol–water partition coefficient (Wildman–Crippen LogP) is 6.38. The molecule has 1 atom stereocenters. The summed E-state index contributed by atoms with van der Waals surface area (Å²) in [6.07, 6.45) is 0. The van der Waals surface area contributed by atoms with Crippen LogP contribution in [0.25, 0.3) is 11.0 Å². The standard InChI is InChI=1S/C27H28ClN3O2/c1-18(2)20-12-14-21(15-13-20)33-17-16-31-25-11-7-6-10-24(25)30-26(31)19(3)29-27(32)22-8-4-5-9-23(22)28/h4-15,18-19H,16-17H2,1-3H3,(H,29,32). The largest absolute Gasteiger partial charge is 0.492 e. The van der Waals surface area contributed by atoms with E-state index in [9.17, 15) is 4.79 Å². The van der Waals surface area contributed by atoms with E-state index < -0.39 is 0 Å². The highest BCUT2D eigenvalue weighted by atomic mass is 35.5. The Labute approximate surface area is 199 Å². The first kappa shape index (κ1) is 22.9. The third-order valence-electron chi connectivity index (χ3n) is 5.67. The van der Waals surface area contributed by atoms with Crippen molar-refractivity contribution in [2.45, 2.75) is 39.3 Å². The highest BCUT2D eigenvalue weighted by Gasteiger charge is 2.20. The number of nitrogens with one attached hydrogen (secondary N) is 1. The summed E-state index contributed by atoms with van der Waals surface area (Å²) in [4.78, 5) is 17.6. The number of hydrogen-bond acceptors (Lipinski definition) is 3. The van der Waals surface area contributed by atoms with Gasteiger partial charge in [0, 0.05) is 0 Å². The summed E-state index contributed by atoms with van der Waals surface area (Å²) in [7, 11) is 0. The third kappa shape index (κ3) is 5.20. The molecule has 6 heteroatoms. The molecular weight excluding hydrogens is 434 g/mol. The molecule has 0 aliphatic rings. The number of carbonyl (C=O) groups is 1. The molecule has 5 nitrogen and oxygen atoms in total. The van der Waals surface area contributed by atoms with Gasteiger partial charge in [0.2, 0.25) is 0 Å². The number of aromatic nitrogens is 2. The van der Waals surface area contributed by atoms with Gasteiger partial charge in [0.25, 0.3) is 5.91 Å². The molecule has 4 aromatic rings. The van der Waals surface area contributed by atoms with Crippen LogP contribution in [0.1, 0.15) is 54.5 Å². The number of carbonyl (C=O) groups excluding carboxylic acids is 1. The molecule has 33 heavy (non-hydrogen) atoms. The molecule has 1 unspecified atom stereocenters. The molecule has 0 aliphatic heterocycles. The maximum Gasteiger partial charge on any atom is 0.253 e. The maximum atomic E-state index is 12.8. The normalized spacial score (nSPS) is 12.2. The second kappa shape index (κ2) is 10.1. The number of halogens is 1. The topological polar surface area (TPSA) is 56.1 Å². The predicted molar refractivity (Wildman–Crippen MR) is 133 cm³/mol. The minimum Gasteiger partial charge on any atom is -0.492 e. The van der Waals surface area contributed by atoms with Crippen LogP contribution in [0.2, 0.25) is 5.02 Å². The number of hydrogen-bond donors (Lipinski definition) is 1. The van der Waals surface area contributed by atoms with Crippen molar-refractivity contribution < 1.29 is 9.53 Å². The quantitative estimate of drug-likeness (QED) is 0.331. The van der Waals surface area contributed by atoms with E-state index in [1.54, 1.807) is 24.3 Å². The van der Waals surface area contributed by atoms with Crippen molar-refractivity contribution in [2.24, 2.45) is 0 Å². The van der Waals surface area contributed by atoms with Crippen molar-refractivity contribution >= 4 is 28.5 Å². The van der Waals surface area contributed by atoms with Crippen LogP contribution in [-0.2, 0) is 6.54 Å². The van der Waals surface area contributed by atoms with Gasteiger partial charge in [-0.15, -0.1) is 0 Å². The summed E-state index contributed by atoms with van der Waals surface area (Å²) in [6.45, 7) is 7.37. The van der Waals surface area contributed by atoms with E-state index in [2.05, 4.69) is 35.9 Å². The van der Waals surface area contributed by atoms with E-state index in [0.717, 1.165) is 22.6 Å². The van der Waals surface area contributed by atoms with Crippen molar-refractivity contribution in [3.63, 3.8) is 0 Å². The fourth-order valence-electron chi connectivity index (χ4n) is 3.85. The Morgan fingerprint density at radius 3 is 2.42 bits per heavy atom. The Bertz CT molecular complexity index is 1250. The van der Waals surface area contributed by atoms with Crippen molar-refractivity contribution in [3.05, 3.63) is 94.8 Å². The summed E-state index contributed by atoms with van der Waals surface area (Å²) < 4.78 is 8.12. The second-order valence-electron chi connectivity index (χ2n) is 8.36. The van der Waals surface area contributed by atoms with Crippen LogP contribution in [-0.4, -0.2) is 22.1 Å². The van der Waals surface area contributed by atoms with Gasteiger partial charge in [-0.25, -0.2) is 4.98 Å². The first-order chi connectivity index (χ1) is 15.9. The molecule has 1 amide bonds. The van der Waals surface area contributed by atoms with Gasteiger partial charge in [-0.1, -0.05) is 61.8 Å². The van der Waals surface area contributed by atoms with E-state index >= 15 is 0 Å². The molecule has 0 bridgehead atoms. The highest BCUT2D eigenvalue weighted by molar-refractivity contribution is 6.33. The second-order valence-corrected chi connectivity index (χ2v) is 8.76. The molecule has 0 saturated carbocycles. The third-order valence-corrected chi connectivity index (χ3v) is 6.00. The van der Waals surface area contributed by atoms with Crippen LogP contribution in [0.3, 0.4) is 0 Å². The lowest BCUT2D eigenvalue weighted by Crippen LogP contribution is -2.29. The van der Waals surface area contributed by atoms with Crippen molar-refractivity contribution in [2.75, 3.05) is 6.61 Å². The lowest BCUT2D eigenvalue weighted by atomic mass is 10.0. The van der Waals surface area contributed by atoms with Crippen LogP contribution in [0.15, 0.2) is 72.8 Å². The summed E-state index contributed by atoms with van der Waals surface area (Å²) in [5, 5.41) is 3.46. The molecule has 0 spiro atoms. The van der Waals surface area contributed by atoms with Crippen LogP contribution in [0.4, 0.5) is 0 Å². The SMILES string of the molecule is CC(C)c1ccc(OCCn2c(C(C)NC(=O)c3ccccc3Cl)nc3ccccc32)cc1. The van der Waals surface area contributed by atoms with Crippen LogP contribution in [0.5, 0.6) is 5.75 Å². The molecule has 170 valence electrons. The van der Waals surface area contributed by atoms with Gasteiger partial charge < -0.3 is 14.6 Å². The van der Waals surface area contributed by atoms with E-state index in [4.69, 9.17) is 21.3 Å². The molecule has 3 aromatic carbocycles. The first-order valence-electron chi connectivity index (χ1n) is 11.2. The van der Waals surface area contributed by atoms with Crippen LogP contribution >= 0.6 is 11.6 Å². The summed E-state index contributed by atoms with van der Waals surface area (Å²) in [5.74, 6) is 1.87. The average molecular weight is 462 g/mol. The molecule has 0 aliphatic carbocycles. The van der Waals surface area contributed by atoms with Gasteiger partial charge in [0.05, 0.1) is 34.2 Å². The van der Waals surface area contributed by atoms with Gasteiger partial charge in [-0.05, 0) is 54.8 Å². The van der Waals surface area contributed by atoms with E-state index in [1.165, 1.54) is 5.56 Å². The zero-order valence-corrected chi connectivity index (χ0v) is 19.8. The minimum absolute atomic E-state index is 0.229. The summed E-state index contributed by atoms with van der Waals surface area (Å²) >= 11 is 6.20. The summed E-state index contributed by atoms with van der Waals surface area (Å²) in [6, 6.07) is 22.9. The minimum atomic E-state index is -0.313. The average Bonchev–Trinajstić information content (AvgIpc) is 3.18.